The average Bonchev–Trinajstić information content (AvgIpc) is 3.10. The van der Waals surface area contributed by atoms with Gasteiger partial charge in [0.1, 0.15) is 0 Å². The van der Waals surface area contributed by atoms with E-state index in [2.05, 4.69) is 20.8 Å². The molecule has 3 aromatic rings. The first-order chi connectivity index (χ1) is 14.3. The fraction of sp³-hybridized carbons (Fsp3) is 0.273. The number of hydrogen-bond acceptors (Lipinski definition) is 5. The summed E-state index contributed by atoms with van der Waals surface area (Å²) in [6.07, 6.45) is 0. The molecule has 0 aliphatic heterocycles. The molecule has 0 unspecified atom stereocenters. The lowest BCUT2D eigenvalue weighted by molar-refractivity contribution is -0.113. The van der Waals surface area contributed by atoms with Crippen molar-refractivity contribution in [2.45, 2.75) is 32.0 Å². The van der Waals surface area contributed by atoms with Crippen LogP contribution in [0.3, 0.4) is 0 Å². The van der Waals surface area contributed by atoms with E-state index in [1.165, 1.54) is 17.3 Å². The zero-order valence-electron chi connectivity index (χ0n) is 17.5. The second kappa shape index (κ2) is 9.58. The van der Waals surface area contributed by atoms with Crippen LogP contribution in [0.4, 0.5) is 5.69 Å². The van der Waals surface area contributed by atoms with Crippen molar-refractivity contribution in [1.82, 2.24) is 20.1 Å². The van der Waals surface area contributed by atoms with Gasteiger partial charge in [0.05, 0.1) is 11.8 Å². The minimum atomic E-state index is -0.325. The van der Waals surface area contributed by atoms with Gasteiger partial charge in [0.2, 0.25) is 5.91 Å². The standard InChI is InChI=1S/C22H25N5O2S/c1-14-10-11-18(12-15(14)2)24-19(28)13-30-22-26-25-20(27(22)4)16(3)23-21(29)17-8-6-5-7-9-17/h5-12,16H,13H2,1-4H3,(H,23,29)(H,24,28)/t16-/m1/s1. The fourth-order valence-electron chi connectivity index (χ4n) is 2.91. The zero-order valence-corrected chi connectivity index (χ0v) is 18.3. The number of hydrogen-bond donors (Lipinski definition) is 2. The van der Waals surface area contributed by atoms with E-state index in [0.717, 1.165) is 11.3 Å². The first-order valence-corrected chi connectivity index (χ1v) is 10.6. The molecule has 0 fully saturated rings. The van der Waals surface area contributed by atoms with Crippen molar-refractivity contribution >= 4 is 29.3 Å². The number of carbonyl (C=O) groups excluding carboxylic acids is 2. The minimum Gasteiger partial charge on any atom is -0.342 e. The Morgan fingerprint density at radius 3 is 2.50 bits per heavy atom. The van der Waals surface area contributed by atoms with Crippen molar-refractivity contribution in [2.24, 2.45) is 7.05 Å². The summed E-state index contributed by atoms with van der Waals surface area (Å²) in [6, 6.07) is 14.5. The highest BCUT2D eigenvalue weighted by molar-refractivity contribution is 7.99. The number of aromatic nitrogens is 3. The first-order valence-electron chi connectivity index (χ1n) is 9.60. The SMILES string of the molecule is Cc1ccc(NC(=O)CSc2nnc([C@@H](C)NC(=O)c3ccccc3)n2C)cc1C. The normalized spacial score (nSPS) is 11.7. The van der Waals surface area contributed by atoms with E-state index in [1.807, 2.05) is 64.2 Å². The third-order valence-corrected chi connectivity index (χ3v) is 5.78. The summed E-state index contributed by atoms with van der Waals surface area (Å²) in [4.78, 5) is 24.6. The van der Waals surface area contributed by atoms with Crippen LogP contribution < -0.4 is 10.6 Å². The largest absolute Gasteiger partial charge is 0.342 e. The number of amides is 2. The lowest BCUT2D eigenvalue weighted by Gasteiger charge is -2.13. The van der Waals surface area contributed by atoms with Crippen LogP contribution in [0.5, 0.6) is 0 Å². The lowest BCUT2D eigenvalue weighted by atomic mass is 10.1. The summed E-state index contributed by atoms with van der Waals surface area (Å²) in [5.41, 5.74) is 3.68. The van der Waals surface area contributed by atoms with E-state index in [9.17, 15) is 9.59 Å². The fourth-order valence-corrected chi connectivity index (χ4v) is 3.63. The molecule has 0 saturated carbocycles. The van der Waals surface area contributed by atoms with Crippen molar-refractivity contribution in [1.29, 1.82) is 0 Å². The highest BCUT2D eigenvalue weighted by Gasteiger charge is 2.19. The molecule has 30 heavy (non-hydrogen) atoms. The van der Waals surface area contributed by atoms with Gasteiger partial charge in [-0.3, -0.25) is 9.59 Å². The van der Waals surface area contributed by atoms with Gasteiger partial charge in [-0.15, -0.1) is 10.2 Å². The Labute approximate surface area is 180 Å². The maximum Gasteiger partial charge on any atom is 0.251 e. The van der Waals surface area contributed by atoms with Crippen LogP contribution in [0.1, 0.15) is 40.3 Å². The van der Waals surface area contributed by atoms with Crippen LogP contribution in [-0.4, -0.2) is 32.3 Å². The molecule has 1 aromatic heterocycles. The third kappa shape index (κ3) is 5.27. The summed E-state index contributed by atoms with van der Waals surface area (Å²) < 4.78 is 1.80. The topological polar surface area (TPSA) is 88.9 Å². The van der Waals surface area contributed by atoms with E-state index in [4.69, 9.17) is 0 Å². The molecule has 0 bridgehead atoms. The zero-order chi connectivity index (χ0) is 21.7. The number of benzene rings is 2. The Morgan fingerprint density at radius 2 is 1.80 bits per heavy atom. The van der Waals surface area contributed by atoms with Crippen LogP contribution in [0.25, 0.3) is 0 Å². The summed E-state index contributed by atoms with van der Waals surface area (Å²) >= 11 is 1.30. The van der Waals surface area contributed by atoms with Crippen molar-refractivity contribution in [2.75, 3.05) is 11.1 Å². The van der Waals surface area contributed by atoms with Gasteiger partial charge in [0, 0.05) is 18.3 Å². The van der Waals surface area contributed by atoms with E-state index < -0.39 is 0 Å². The predicted molar refractivity (Wildman–Crippen MR) is 119 cm³/mol. The van der Waals surface area contributed by atoms with Crippen LogP contribution in [0, 0.1) is 13.8 Å². The molecule has 1 atom stereocenters. The Bertz CT molecular complexity index is 1050. The molecule has 2 amide bonds. The van der Waals surface area contributed by atoms with Crippen LogP contribution in [0.2, 0.25) is 0 Å². The van der Waals surface area contributed by atoms with Gasteiger partial charge in [-0.2, -0.15) is 0 Å². The molecule has 3 rings (SSSR count). The Morgan fingerprint density at radius 1 is 1.07 bits per heavy atom. The summed E-state index contributed by atoms with van der Waals surface area (Å²) in [7, 11) is 1.82. The van der Waals surface area contributed by atoms with Gasteiger partial charge < -0.3 is 15.2 Å². The summed E-state index contributed by atoms with van der Waals surface area (Å²) in [5, 5.41) is 14.8. The van der Waals surface area contributed by atoms with Gasteiger partial charge >= 0.3 is 0 Å². The number of nitrogens with one attached hydrogen (secondary N) is 2. The molecular weight excluding hydrogens is 398 g/mol. The maximum atomic E-state index is 12.4. The minimum absolute atomic E-state index is 0.113. The predicted octanol–water partition coefficient (Wildman–Crippen LogP) is 3.65. The van der Waals surface area contributed by atoms with Gasteiger partial charge in [0.15, 0.2) is 11.0 Å². The van der Waals surface area contributed by atoms with E-state index >= 15 is 0 Å². The maximum absolute atomic E-state index is 12.4. The number of anilines is 1. The molecule has 0 aliphatic rings. The Kier molecular flexibility index (Phi) is 6.89. The van der Waals surface area contributed by atoms with E-state index in [-0.39, 0.29) is 23.6 Å². The molecule has 0 saturated heterocycles. The van der Waals surface area contributed by atoms with Crippen LogP contribution in [-0.2, 0) is 11.8 Å². The van der Waals surface area contributed by atoms with Crippen LogP contribution in [0.15, 0.2) is 53.7 Å². The molecule has 2 N–H and O–H groups in total. The van der Waals surface area contributed by atoms with Gasteiger partial charge in [-0.25, -0.2) is 0 Å². The summed E-state index contributed by atoms with van der Waals surface area (Å²) in [6.45, 7) is 5.90. The number of nitrogens with zero attached hydrogens (tertiary/aromatic N) is 3. The van der Waals surface area contributed by atoms with Crippen molar-refractivity contribution in [3.8, 4) is 0 Å². The highest BCUT2D eigenvalue weighted by atomic mass is 32.2. The third-order valence-electron chi connectivity index (χ3n) is 4.76. The van der Waals surface area contributed by atoms with Crippen molar-refractivity contribution in [3.05, 3.63) is 71.0 Å². The smallest absolute Gasteiger partial charge is 0.251 e. The quantitative estimate of drug-likeness (QED) is 0.566. The second-order valence-electron chi connectivity index (χ2n) is 7.10. The monoisotopic (exact) mass is 423 g/mol. The van der Waals surface area contributed by atoms with Gasteiger partial charge in [-0.1, -0.05) is 36.0 Å². The van der Waals surface area contributed by atoms with E-state index in [1.54, 1.807) is 16.7 Å². The molecule has 1 heterocycles. The molecule has 0 radical (unpaired) electrons. The van der Waals surface area contributed by atoms with Crippen LogP contribution >= 0.6 is 11.8 Å². The molecule has 0 spiro atoms. The molecular formula is C22H25N5O2S. The molecule has 2 aromatic carbocycles. The Balaban J connectivity index is 1.57. The molecule has 7 nitrogen and oxygen atoms in total. The van der Waals surface area contributed by atoms with E-state index in [0.29, 0.717) is 16.5 Å². The second-order valence-corrected chi connectivity index (χ2v) is 8.04. The molecule has 8 heteroatoms. The average molecular weight is 424 g/mol. The number of aryl methyl sites for hydroxylation is 2. The van der Waals surface area contributed by atoms with Gasteiger partial charge in [0.25, 0.3) is 5.91 Å². The van der Waals surface area contributed by atoms with Crippen molar-refractivity contribution < 1.29 is 9.59 Å². The molecule has 156 valence electrons. The summed E-state index contributed by atoms with van der Waals surface area (Å²) in [5.74, 6) is 0.548. The number of carbonyl (C=O) groups is 2. The first kappa shape index (κ1) is 21.6. The number of rotatable bonds is 7. The van der Waals surface area contributed by atoms with Gasteiger partial charge in [-0.05, 0) is 56.2 Å². The number of thioether (sulfide) groups is 1. The van der Waals surface area contributed by atoms with Crippen molar-refractivity contribution in [3.63, 3.8) is 0 Å². The highest BCUT2D eigenvalue weighted by Crippen LogP contribution is 2.20. The molecule has 0 aliphatic carbocycles. The Hall–Kier alpha value is -3.13. The lowest BCUT2D eigenvalue weighted by Crippen LogP contribution is -2.28.